The molecule has 1 aliphatic heterocycles. The molecule has 1 saturated heterocycles. The summed E-state index contributed by atoms with van der Waals surface area (Å²) in [6.07, 6.45) is 4.13. The van der Waals surface area contributed by atoms with Gasteiger partial charge in [-0.25, -0.2) is 13.8 Å². The average Bonchev–Trinajstić information content (AvgIpc) is 3.83. The molecule has 0 unspecified atom stereocenters. The van der Waals surface area contributed by atoms with Gasteiger partial charge in [0.25, 0.3) is 0 Å². The largest absolute Gasteiger partial charge is 0.476 e. The molecule has 8 nitrogen and oxygen atoms in total. The predicted octanol–water partition coefficient (Wildman–Crippen LogP) is 5.03. The van der Waals surface area contributed by atoms with Crippen LogP contribution >= 0.6 is 0 Å². The second kappa shape index (κ2) is 12.8. The molecule has 4 aromatic rings. The van der Waals surface area contributed by atoms with E-state index in [1.165, 1.54) is 24.3 Å². The second-order valence-corrected chi connectivity index (χ2v) is 11.6. The molecule has 2 aromatic carbocycles. The number of nitrogens with zero attached hydrogens (tertiary/aromatic N) is 4. The van der Waals surface area contributed by atoms with Crippen LogP contribution in [-0.4, -0.2) is 77.7 Å². The van der Waals surface area contributed by atoms with Crippen LogP contribution in [-0.2, 0) is 22.4 Å². The van der Waals surface area contributed by atoms with E-state index in [4.69, 9.17) is 9.47 Å². The Balaban J connectivity index is 1.07. The highest BCUT2D eigenvalue weighted by molar-refractivity contribution is 6.10. The lowest BCUT2D eigenvalue weighted by molar-refractivity contribution is -0.133. The highest BCUT2D eigenvalue weighted by Crippen LogP contribution is 2.49. The topological polar surface area (TPSA) is 84.9 Å². The summed E-state index contributed by atoms with van der Waals surface area (Å²) in [5.74, 6) is -0.581. The van der Waals surface area contributed by atoms with E-state index in [0.717, 1.165) is 32.7 Å². The van der Waals surface area contributed by atoms with Crippen LogP contribution in [0.2, 0.25) is 0 Å². The molecule has 0 spiro atoms. The third-order valence-electron chi connectivity index (χ3n) is 8.49. The van der Waals surface area contributed by atoms with E-state index in [9.17, 15) is 14.0 Å². The molecule has 3 heterocycles. The molecule has 10 heteroatoms. The van der Waals surface area contributed by atoms with Crippen molar-refractivity contribution in [2.75, 3.05) is 46.4 Å². The number of halogens is 2. The van der Waals surface area contributed by atoms with E-state index >= 15 is 4.39 Å². The molecule has 1 aliphatic carbocycles. The average molecular weight is 601 g/mol. The highest BCUT2D eigenvalue weighted by Gasteiger charge is 2.54. The number of carbonyl (C=O) groups excluding carboxylic acids is 2. The Morgan fingerprint density at radius 1 is 0.864 bits per heavy atom. The lowest BCUT2D eigenvalue weighted by Gasteiger charge is -2.32. The van der Waals surface area contributed by atoms with Crippen LogP contribution in [0, 0.1) is 17.0 Å². The summed E-state index contributed by atoms with van der Waals surface area (Å²) in [7, 11) is 2.12. The maximum absolute atomic E-state index is 15.2. The van der Waals surface area contributed by atoms with E-state index in [2.05, 4.69) is 26.8 Å². The van der Waals surface area contributed by atoms with Crippen molar-refractivity contribution < 1.29 is 27.8 Å². The molecule has 0 atom stereocenters. The van der Waals surface area contributed by atoms with Crippen molar-refractivity contribution in [3.05, 3.63) is 89.8 Å². The number of hydrogen-bond acceptors (Lipinski definition) is 8. The zero-order valence-electron chi connectivity index (χ0n) is 24.6. The monoisotopic (exact) mass is 600 g/mol. The van der Waals surface area contributed by atoms with Crippen LogP contribution in [0.1, 0.15) is 24.0 Å². The summed E-state index contributed by atoms with van der Waals surface area (Å²) in [6.45, 7) is 5.45. The summed E-state index contributed by atoms with van der Waals surface area (Å²) in [5.41, 5.74) is 0.678. The number of aromatic nitrogens is 2. The van der Waals surface area contributed by atoms with Gasteiger partial charge in [-0.15, -0.1) is 0 Å². The van der Waals surface area contributed by atoms with Crippen LogP contribution in [0.15, 0.2) is 67.0 Å². The molecule has 6 rings (SSSR count). The zero-order chi connectivity index (χ0) is 30.7. The van der Waals surface area contributed by atoms with Crippen molar-refractivity contribution in [2.45, 2.75) is 25.7 Å². The zero-order valence-corrected chi connectivity index (χ0v) is 24.6. The summed E-state index contributed by atoms with van der Waals surface area (Å²) < 4.78 is 40.2. The van der Waals surface area contributed by atoms with E-state index in [1.54, 1.807) is 42.7 Å². The van der Waals surface area contributed by atoms with Gasteiger partial charge in [0.05, 0.1) is 16.3 Å². The number of ether oxygens (including phenoxy) is 2. The molecule has 2 fully saturated rings. The first-order valence-corrected chi connectivity index (χ1v) is 14.8. The van der Waals surface area contributed by atoms with Gasteiger partial charge in [0.15, 0.2) is 23.1 Å². The SMILES string of the molecule is CN1CCN(CCOc2cc3nccc(Oc4ccc(CC(=O)C5(C(=O)Cc6ccc(F)cc6)CC5)cc4F)c3cn2)CC1. The van der Waals surface area contributed by atoms with Gasteiger partial charge in [0, 0.05) is 64.0 Å². The summed E-state index contributed by atoms with van der Waals surface area (Å²) >= 11 is 0. The lowest BCUT2D eigenvalue weighted by atomic mass is 9.88. The molecule has 2 aliphatic rings. The maximum Gasteiger partial charge on any atom is 0.215 e. The first-order valence-electron chi connectivity index (χ1n) is 14.8. The van der Waals surface area contributed by atoms with E-state index in [1.807, 2.05) is 0 Å². The molecular formula is C34H34F2N4O4. The summed E-state index contributed by atoms with van der Waals surface area (Å²) in [6, 6.07) is 13.4. The second-order valence-electron chi connectivity index (χ2n) is 11.6. The van der Waals surface area contributed by atoms with Crippen molar-refractivity contribution in [3.8, 4) is 17.4 Å². The van der Waals surface area contributed by atoms with Gasteiger partial charge in [-0.1, -0.05) is 18.2 Å². The number of likely N-dealkylation sites (N-methyl/N-ethyl adjacent to an activating group) is 1. The Morgan fingerprint density at radius 3 is 2.27 bits per heavy atom. The Hall–Kier alpha value is -4.28. The predicted molar refractivity (Wildman–Crippen MR) is 161 cm³/mol. The van der Waals surface area contributed by atoms with E-state index < -0.39 is 11.2 Å². The summed E-state index contributed by atoms with van der Waals surface area (Å²) in [4.78, 5) is 39.6. The van der Waals surface area contributed by atoms with Gasteiger partial charge in [0.1, 0.15) is 18.2 Å². The molecular weight excluding hydrogens is 566 g/mol. The van der Waals surface area contributed by atoms with Crippen molar-refractivity contribution in [1.82, 2.24) is 19.8 Å². The molecule has 0 amide bonds. The first kappa shape index (κ1) is 29.8. The molecule has 228 valence electrons. The van der Waals surface area contributed by atoms with Crippen molar-refractivity contribution in [2.24, 2.45) is 5.41 Å². The van der Waals surface area contributed by atoms with Gasteiger partial charge < -0.3 is 14.4 Å². The minimum absolute atomic E-state index is 0.00489. The number of ketones is 2. The lowest BCUT2D eigenvalue weighted by Crippen LogP contribution is -2.45. The van der Waals surface area contributed by atoms with Crippen LogP contribution in [0.4, 0.5) is 8.78 Å². The van der Waals surface area contributed by atoms with Gasteiger partial charge in [-0.2, -0.15) is 0 Å². The van der Waals surface area contributed by atoms with Crippen LogP contribution in [0.25, 0.3) is 10.9 Å². The first-order chi connectivity index (χ1) is 21.3. The number of rotatable bonds is 12. The van der Waals surface area contributed by atoms with Gasteiger partial charge in [-0.3, -0.25) is 19.5 Å². The third-order valence-corrected chi connectivity index (χ3v) is 8.49. The van der Waals surface area contributed by atoms with Gasteiger partial charge in [-0.05, 0) is 61.3 Å². The fourth-order valence-electron chi connectivity index (χ4n) is 5.52. The number of benzene rings is 2. The quantitative estimate of drug-likeness (QED) is 0.210. The number of fused-ring (bicyclic) bond motifs is 1. The molecule has 1 saturated carbocycles. The van der Waals surface area contributed by atoms with Gasteiger partial charge >= 0.3 is 0 Å². The number of carbonyl (C=O) groups is 2. The van der Waals surface area contributed by atoms with Crippen LogP contribution in [0.3, 0.4) is 0 Å². The van der Waals surface area contributed by atoms with Crippen molar-refractivity contribution in [3.63, 3.8) is 0 Å². The number of Topliss-reactive ketones (excluding diaryl/α,β-unsaturated/α-hetero) is 2. The van der Waals surface area contributed by atoms with Gasteiger partial charge in [0.2, 0.25) is 5.88 Å². The summed E-state index contributed by atoms with van der Waals surface area (Å²) in [5, 5.41) is 0.605. The van der Waals surface area contributed by atoms with E-state index in [0.29, 0.717) is 53.1 Å². The smallest absolute Gasteiger partial charge is 0.215 e. The Morgan fingerprint density at radius 2 is 1.57 bits per heavy atom. The minimum Gasteiger partial charge on any atom is -0.476 e. The third kappa shape index (κ3) is 6.76. The number of piperazine rings is 1. The van der Waals surface area contributed by atoms with Crippen molar-refractivity contribution in [1.29, 1.82) is 0 Å². The molecule has 0 N–H and O–H groups in total. The van der Waals surface area contributed by atoms with E-state index in [-0.39, 0.29) is 36.0 Å². The van der Waals surface area contributed by atoms with Crippen LogP contribution < -0.4 is 9.47 Å². The number of pyridine rings is 2. The number of hydrogen-bond donors (Lipinski definition) is 0. The highest BCUT2D eigenvalue weighted by atomic mass is 19.1. The molecule has 44 heavy (non-hydrogen) atoms. The molecule has 2 aromatic heterocycles. The molecule has 0 radical (unpaired) electrons. The Labute approximate surface area is 254 Å². The Bertz CT molecular complexity index is 1670. The fourth-order valence-corrected chi connectivity index (χ4v) is 5.52. The Kier molecular flexibility index (Phi) is 8.63. The fraction of sp³-hybridized carbons (Fsp3) is 0.353. The minimum atomic E-state index is -1.05. The molecule has 0 bridgehead atoms. The maximum atomic E-state index is 15.2. The van der Waals surface area contributed by atoms with Crippen molar-refractivity contribution >= 4 is 22.5 Å². The standard InChI is InChI=1S/C34H34F2N4O4/c1-39-12-14-40(15-13-39)16-17-43-33-21-28-26(22-38-33)29(8-11-37-28)44-30-7-4-24(18-27(30)36)20-32(42)34(9-10-34)31(41)19-23-2-5-25(35)6-3-23/h2-8,11,18,21-22H,9-10,12-17,19-20H2,1H3. The normalized spacial score (nSPS) is 16.5. The van der Waals surface area contributed by atoms with Crippen LogP contribution in [0.5, 0.6) is 17.4 Å².